The summed E-state index contributed by atoms with van der Waals surface area (Å²) in [7, 11) is 0. The van der Waals surface area contributed by atoms with Crippen molar-refractivity contribution in [2.75, 3.05) is 5.32 Å². The molecule has 1 aromatic carbocycles. The number of nitrogens with one attached hydrogen (secondary N) is 1. The van der Waals surface area contributed by atoms with E-state index in [-0.39, 0.29) is 0 Å². The molecular weight excluding hydrogens is 214 g/mol. The van der Waals surface area contributed by atoms with Gasteiger partial charge in [0.25, 0.3) is 0 Å². The molecule has 0 bridgehead atoms. The number of rotatable bonds is 2. The molecule has 0 atom stereocenters. The summed E-state index contributed by atoms with van der Waals surface area (Å²) >= 11 is 3.46. The highest BCUT2D eigenvalue weighted by atomic mass is 79.9. The molecule has 0 aliphatic carbocycles. The Hall–Kier alpha value is -0.500. The Kier molecular flexibility index (Phi) is 3.15. The third-order valence-corrected chi connectivity index (χ3v) is 1.96. The van der Waals surface area contributed by atoms with Gasteiger partial charge in [-0.15, -0.1) is 0 Å². The molecule has 1 rings (SSSR count). The van der Waals surface area contributed by atoms with Crippen LogP contribution >= 0.6 is 15.9 Å². The van der Waals surface area contributed by atoms with Crippen LogP contribution in [0, 0.1) is 6.92 Å². The molecule has 2 heteroatoms. The summed E-state index contributed by atoms with van der Waals surface area (Å²) in [6.45, 7) is 6.36. The summed E-state index contributed by atoms with van der Waals surface area (Å²) in [6.07, 6.45) is 0. The van der Waals surface area contributed by atoms with Crippen LogP contribution in [0.25, 0.3) is 0 Å². The zero-order chi connectivity index (χ0) is 9.14. The van der Waals surface area contributed by atoms with Crippen LogP contribution in [-0.2, 0) is 0 Å². The van der Waals surface area contributed by atoms with Crippen LogP contribution in [-0.4, -0.2) is 6.04 Å². The van der Waals surface area contributed by atoms with E-state index >= 15 is 0 Å². The first-order valence-corrected chi connectivity index (χ1v) is 4.91. The smallest absolute Gasteiger partial charge is 0.0356 e. The molecule has 0 radical (unpaired) electrons. The molecule has 0 aromatic heterocycles. The lowest BCUT2D eigenvalue weighted by Gasteiger charge is -2.10. The predicted molar refractivity (Wildman–Crippen MR) is 57.6 cm³/mol. The molecule has 0 saturated heterocycles. The highest BCUT2D eigenvalue weighted by Gasteiger charge is 1.97. The van der Waals surface area contributed by atoms with Crippen molar-refractivity contribution < 1.29 is 0 Å². The molecule has 0 heterocycles. The quantitative estimate of drug-likeness (QED) is 0.815. The summed E-state index contributed by atoms with van der Waals surface area (Å²) in [5.74, 6) is 0. The van der Waals surface area contributed by atoms with Crippen LogP contribution in [0.1, 0.15) is 19.4 Å². The summed E-state index contributed by atoms with van der Waals surface area (Å²) in [5.41, 5.74) is 2.45. The lowest BCUT2D eigenvalue weighted by atomic mass is 10.2. The van der Waals surface area contributed by atoms with E-state index in [1.165, 1.54) is 11.3 Å². The normalized spacial score (nSPS) is 10.4. The number of hydrogen-bond acceptors (Lipinski definition) is 1. The minimum absolute atomic E-state index is 0.485. The molecule has 0 fully saturated rings. The minimum Gasteiger partial charge on any atom is -0.383 e. The largest absolute Gasteiger partial charge is 0.383 e. The first-order chi connectivity index (χ1) is 5.58. The number of aryl methyl sites for hydroxylation is 1. The second-order valence-corrected chi connectivity index (χ2v) is 4.23. The zero-order valence-electron chi connectivity index (χ0n) is 7.69. The molecule has 0 amide bonds. The molecule has 66 valence electrons. The lowest BCUT2D eigenvalue weighted by Crippen LogP contribution is -2.09. The van der Waals surface area contributed by atoms with Crippen LogP contribution < -0.4 is 5.32 Å². The van der Waals surface area contributed by atoms with Crippen molar-refractivity contribution in [2.45, 2.75) is 26.8 Å². The fourth-order valence-corrected chi connectivity index (χ4v) is 1.76. The van der Waals surface area contributed by atoms with E-state index < -0.39 is 0 Å². The second-order valence-electron chi connectivity index (χ2n) is 3.32. The molecular formula is C10H14BrN. The van der Waals surface area contributed by atoms with Gasteiger partial charge in [-0.1, -0.05) is 15.9 Å². The van der Waals surface area contributed by atoms with Crippen molar-refractivity contribution in [3.05, 3.63) is 28.2 Å². The summed E-state index contributed by atoms with van der Waals surface area (Å²) in [5, 5.41) is 3.36. The maximum atomic E-state index is 3.46. The Bertz CT molecular complexity index is 248. The summed E-state index contributed by atoms with van der Waals surface area (Å²) in [6, 6.07) is 6.82. The van der Waals surface area contributed by atoms with Gasteiger partial charge in [0.05, 0.1) is 0 Å². The van der Waals surface area contributed by atoms with Gasteiger partial charge >= 0.3 is 0 Å². The Morgan fingerprint density at radius 1 is 1.25 bits per heavy atom. The Labute approximate surface area is 82.3 Å². The molecule has 1 N–H and O–H groups in total. The van der Waals surface area contributed by atoms with E-state index in [4.69, 9.17) is 0 Å². The van der Waals surface area contributed by atoms with Crippen LogP contribution in [0.15, 0.2) is 22.7 Å². The standard InChI is InChI=1S/C10H14BrN/c1-7(2)12-10-5-8(3)4-9(11)6-10/h4-7,12H,1-3H3. The topological polar surface area (TPSA) is 12.0 Å². The average Bonchev–Trinajstić information content (AvgIpc) is 1.81. The van der Waals surface area contributed by atoms with Crippen molar-refractivity contribution in [1.29, 1.82) is 0 Å². The van der Waals surface area contributed by atoms with Gasteiger partial charge in [0.15, 0.2) is 0 Å². The lowest BCUT2D eigenvalue weighted by molar-refractivity contribution is 0.899. The van der Waals surface area contributed by atoms with Crippen molar-refractivity contribution in [3.8, 4) is 0 Å². The van der Waals surface area contributed by atoms with Gasteiger partial charge in [-0.05, 0) is 44.5 Å². The van der Waals surface area contributed by atoms with Gasteiger partial charge in [-0.3, -0.25) is 0 Å². The second kappa shape index (κ2) is 3.94. The third-order valence-electron chi connectivity index (χ3n) is 1.50. The highest BCUT2D eigenvalue weighted by Crippen LogP contribution is 2.19. The first kappa shape index (κ1) is 9.59. The van der Waals surface area contributed by atoms with Gasteiger partial charge in [0.2, 0.25) is 0 Å². The summed E-state index contributed by atoms with van der Waals surface area (Å²) < 4.78 is 1.13. The van der Waals surface area contributed by atoms with Gasteiger partial charge in [-0.2, -0.15) is 0 Å². The van der Waals surface area contributed by atoms with Gasteiger partial charge in [0, 0.05) is 16.2 Å². The zero-order valence-corrected chi connectivity index (χ0v) is 9.27. The van der Waals surface area contributed by atoms with Crippen molar-refractivity contribution in [2.24, 2.45) is 0 Å². The van der Waals surface area contributed by atoms with Gasteiger partial charge in [0.1, 0.15) is 0 Å². The Balaban J connectivity index is 2.85. The summed E-state index contributed by atoms with van der Waals surface area (Å²) in [4.78, 5) is 0. The fraction of sp³-hybridized carbons (Fsp3) is 0.400. The van der Waals surface area contributed by atoms with Gasteiger partial charge < -0.3 is 5.32 Å². The van der Waals surface area contributed by atoms with Crippen LogP contribution in [0.5, 0.6) is 0 Å². The van der Waals surface area contributed by atoms with Gasteiger partial charge in [-0.25, -0.2) is 0 Å². The SMILES string of the molecule is Cc1cc(Br)cc(NC(C)C)c1. The van der Waals surface area contributed by atoms with Crippen molar-refractivity contribution >= 4 is 21.6 Å². The van der Waals surface area contributed by atoms with Crippen LogP contribution in [0.3, 0.4) is 0 Å². The molecule has 0 spiro atoms. The van der Waals surface area contributed by atoms with Crippen LogP contribution in [0.4, 0.5) is 5.69 Å². The van der Waals surface area contributed by atoms with E-state index in [1.54, 1.807) is 0 Å². The number of benzene rings is 1. The minimum atomic E-state index is 0.485. The number of hydrogen-bond donors (Lipinski definition) is 1. The van der Waals surface area contributed by atoms with E-state index in [0.29, 0.717) is 6.04 Å². The van der Waals surface area contributed by atoms with E-state index in [0.717, 1.165) is 4.47 Å². The molecule has 0 aliphatic heterocycles. The molecule has 1 nitrogen and oxygen atoms in total. The highest BCUT2D eigenvalue weighted by molar-refractivity contribution is 9.10. The Morgan fingerprint density at radius 3 is 2.42 bits per heavy atom. The van der Waals surface area contributed by atoms with E-state index in [2.05, 4.69) is 60.2 Å². The molecule has 1 aromatic rings. The third kappa shape index (κ3) is 2.86. The average molecular weight is 228 g/mol. The van der Waals surface area contributed by atoms with Crippen molar-refractivity contribution in [1.82, 2.24) is 0 Å². The maximum absolute atomic E-state index is 3.46. The van der Waals surface area contributed by atoms with E-state index in [1.807, 2.05) is 0 Å². The fourth-order valence-electron chi connectivity index (χ4n) is 1.15. The molecule has 0 unspecified atom stereocenters. The predicted octanol–water partition coefficient (Wildman–Crippen LogP) is 3.58. The van der Waals surface area contributed by atoms with E-state index in [9.17, 15) is 0 Å². The monoisotopic (exact) mass is 227 g/mol. The first-order valence-electron chi connectivity index (χ1n) is 4.11. The van der Waals surface area contributed by atoms with Crippen molar-refractivity contribution in [3.63, 3.8) is 0 Å². The molecule has 0 saturated carbocycles. The maximum Gasteiger partial charge on any atom is 0.0356 e. The van der Waals surface area contributed by atoms with Crippen LogP contribution in [0.2, 0.25) is 0 Å². The number of halogens is 1. The molecule has 12 heavy (non-hydrogen) atoms. The molecule has 0 aliphatic rings. The number of anilines is 1. The Morgan fingerprint density at radius 2 is 1.92 bits per heavy atom.